The second-order valence-electron chi connectivity index (χ2n) is 4.94. The number of carbonyl (C=O) groups excluding carboxylic acids is 2. The molecule has 1 unspecified atom stereocenters. The molecule has 1 aliphatic rings. The van der Waals surface area contributed by atoms with E-state index in [0.29, 0.717) is 18.4 Å². The Bertz CT molecular complexity index is 478. The first-order valence-corrected chi connectivity index (χ1v) is 6.41. The van der Waals surface area contributed by atoms with Gasteiger partial charge in [-0.2, -0.15) is 0 Å². The van der Waals surface area contributed by atoms with Gasteiger partial charge in [-0.3, -0.25) is 9.59 Å². The lowest BCUT2D eigenvalue weighted by Crippen LogP contribution is -2.44. The molecule has 3 heteroatoms. The van der Waals surface area contributed by atoms with Crippen LogP contribution in [0.3, 0.4) is 0 Å². The van der Waals surface area contributed by atoms with E-state index < -0.39 is 5.60 Å². The van der Waals surface area contributed by atoms with Crippen LogP contribution in [0.2, 0.25) is 0 Å². The smallest absolute Gasteiger partial charge is 0.306 e. The summed E-state index contributed by atoms with van der Waals surface area (Å²) in [5, 5.41) is 0. The van der Waals surface area contributed by atoms with Crippen LogP contribution in [0.4, 0.5) is 0 Å². The zero-order valence-electron chi connectivity index (χ0n) is 10.9. The van der Waals surface area contributed by atoms with Crippen molar-refractivity contribution in [3.8, 4) is 0 Å². The molecule has 0 heterocycles. The molecule has 3 nitrogen and oxygen atoms in total. The van der Waals surface area contributed by atoms with E-state index in [9.17, 15) is 9.59 Å². The highest BCUT2D eigenvalue weighted by Gasteiger charge is 2.41. The molecular weight excluding hydrogens is 228 g/mol. The Kier molecular flexibility index (Phi) is 3.50. The largest absolute Gasteiger partial charge is 0.451 e. The van der Waals surface area contributed by atoms with Gasteiger partial charge in [0.15, 0.2) is 5.60 Å². The molecule has 1 atom stereocenters. The lowest BCUT2D eigenvalue weighted by molar-refractivity contribution is -0.154. The van der Waals surface area contributed by atoms with E-state index in [1.807, 2.05) is 31.2 Å². The van der Waals surface area contributed by atoms with Crippen LogP contribution in [0.1, 0.15) is 49.0 Å². The van der Waals surface area contributed by atoms with E-state index in [4.69, 9.17) is 4.74 Å². The number of hydrogen-bond donors (Lipinski definition) is 0. The summed E-state index contributed by atoms with van der Waals surface area (Å²) in [6, 6.07) is 7.54. The Morgan fingerprint density at radius 1 is 1.39 bits per heavy atom. The number of aryl methyl sites for hydroxylation is 1. The van der Waals surface area contributed by atoms with Crippen molar-refractivity contribution in [1.29, 1.82) is 0 Å². The maximum absolute atomic E-state index is 12.4. The van der Waals surface area contributed by atoms with Gasteiger partial charge in [-0.25, -0.2) is 0 Å². The summed E-state index contributed by atoms with van der Waals surface area (Å²) in [5.41, 5.74) is 0.753. The minimum Gasteiger partial charge on any atom is -0.451 e. The second kappa shape index (κ2) is 4.92. The lowest BCUT2D eigenvalue weighted by atomic mass is 9.80. The average Bonchev–Trinajstić information content (AvgIpc) is 2.35. The molecule has 1 aliphatic carbocycles. The van der Waals surface area contributed by atoms with Gasteiger partial charge in [-0.1, -0.05) is 31.2 Å². The van der Waals surface area contributed by atoms with Gasteiger partial charge in [-0.05, 0) is 31.7 Å². The molecule has 0 saturated heterocycles. The molecule has 0 bridgehead atoms. The first-order chi connectivity index (χ1) is 8.57. The number of ketones is 1. The van der Waals surface area contributed by atoms with Crippen LogP contribution in [0, 0.1) is 0 Å². The molecule has 1 aromatic carbocycles. The maximum atomic E-state index is 12.4. The number of fused-ring (bicyclic) bond motifs is 1. The molecule has 0 saturated carbocycles. The Labute approximate surface area is 107 Å². The molecule has 1 aromatic rings. The fourth-order valence-electron chi connectivity index (χ4n) is 2.34. The molecule has 2 rings (SSSR count). The van der Waals surface area contributed by atoms with Crippen LogP contribution in [0.25, 0.3) is 0 Å². The van der Waals surface area contributed by atoms with Gasteiger partial charge < -0.3 is 4.74 Å². The minimum atomic E-state index is -0.986. The van der Waals surface area contributed by atoms with Crippen molar-refractivity contribution in [2.24, 2.45) is 0 Å². The van der Waals surface area contributed by atoms with E-state index >= 15 is 0 Å². The maximum Gasteiger partial charge on any atom is 0.306 e. The topological polar surface area (TPSA) is 43.4 Å². The van der Waals surface area contributed by atoms with Crippen molar-refractivity contribution in [2.45, 2.75) is 45.1 Å². The summed E-state index contributed by atoms with van der Waals surface area (Å²) in [4.78, 5) is 24.0. The number of ether oxygens (including phenoxy) is 1. The molecule has 0 fully saturated rings. The monoisotopic (exact) mass is 246 g/mol. The van der Waals surface area contributed by atoms with Gasteiger partial charge >= 0.3 is 5.97 Å². The molecule has 0 radical (unpaired) electrons. The predicted molar refractivity (Wildman–Crippen MR) is 68.5 cm³/mol. The van der Waals surface area contributed by atoms with Gasteiger partial charge in [0.1, 0.15) is 0 Å². The summed E-state index contributed by atoms with van der Waals surface area (Å²) in [6.07, 6.45) is 2.44. The third-order valence-corrected chi connectivity index (χ3v) is 3.41. The number of carbonyl (C=O) groups is 2. The van der Waals surface area contributed by atoms with Gasteiger partial charge in [0, 0.05) is 12.0 Å². The fraction of sp³-hybridized carbons (Fsp3) is 0.467. The Morgan fingerprint density at radius 3 is 2.83 bits per heavy atom. The van der Waals surface area contributed by atoms with E-state index in [-0.39, 0.29) is 11.8 Å². The fourth-order valence-corrected chi connectivity index (χ4v) is 2.34. The van der Waals surface area contributed by atoms with Crippen molar-refractivity contribution in [3.05, 3.63) is 35.4 Å². The Balaban J connectivity index is 2.22. The van der Waals surface area contributed by atoms with Gasteiger partial charge in [0.2, 0.25) is 5.78 Å². The predicted octanol–water partition coefficient (Wildman–Crippen LogP) is 2.92. The van der Waals surface area contributed by atoms with Crippen molar-refractivity contribution >= 4 is 11.8 Å². The quantitative estimate of drug-likeness (QED) is 0.770. The summed E-state index contributed by atoms with van der Waals surface area (Å²) in [5.74, 6) is -0.360. The van der Waals surface area contributed by atoms with Gasteiger partial charge in [-0.15, -0.1) is 0 Å². The Hall–Kier alpha value is -1.64. The van der Waals surface area contributed by atoms with Crippen LogP contribution in [-0.4, -0.2) is 17.4 Å². The van der Waals surface area contributed by atoms with Crippen LogP contribution in [0.15, 0.2) is 24.3 Å². The first kappa shape index (κ1) is 12.8. The van der Waals surface area contributed by atoms with Crippen LogP contribution >= 0.6 is 0 Å². The third kappa shape index (κ3) is 2.30. The zero-order chi connectivity index (χ0) is 13.2. The third-order valence-electron chi connectivity index (χ3n) is 3.41. The number of hydrogen-bond acceptors (Lipinski definition) is 3. The molecule has 0 spiro atoms. The summed E-state index contributed by atoms with van der Waals surface area (Å²) >= 11 is 0. The molecule has 96 valence electrons. The molecule has 0 N–H and O–H groups in total. The number of Topliss-reactive ketones (excluding diaryl/α,β-unsaturated/α-hetero) is 1. The number of esters is 1. The van der Waals surface area contributed by atoms with E-state index in [2.05, 4.69) is 0 Å². The molecule has 0 amide bonds. The van der Waals surface area contributed by atoms with Gasteiger partial charge in [0.05, 0.1) is 0 Å². The molecule has 0 aliphatic heterocycles. The normalized spacial score (nSPS) is 22.4. The SMILES string of the molecule is CCCC(=O)OC1(C)CCc2ccccc2C1=O. The summed E-state index contributed by atoms with van der Waals surface area (Å²) in [7, 11) is 0. The molecule has 18 heavy (non-hydrogen) atoms. The number of rotatable bonds is 3. The van der Waals surface area contributed by atoms with Crippen molar-refractivity contribution in [1.82, 2.24) is 0 Å². The lowest BCUT2D eigenvalue weighted by Gasteiger charge is -2.32. The number of benzene rings is 1. The van der Waals surface area contributed by atoms with Gasteiger partial charge in [0.25, 0.3) is 0 Å². The average molecular weight is 246 g/mol. The first-order valence-electron chi connectivity index (χ1n) is 6.41. The van der Waals surface area contributed by atoms with Crippen LogP contribution in [0.5, 0.6) is 0 Å². The van der Waals surface area contributed by atoms with Crippen LogP contribution < -0.4 is 0 Å². The van der Waals surface area contributed by atoms with Crippen molar-refractivity contribution in [3.63, 3.8) is 0 Å². The van der Waals surface area contributed by atoms with E-state index in [1.54, 1.807) is 6.92 Å². The standard InChI is InChI=1S/C15H18O3/c1-3-6-13(16)18-15(2)10-9-11-7-4-5-8-12(11)14(15)17/h4-5,7-8H,3,6,9-10H2,1-2H3. The highest BCUT2D eigenvalue weighted by Crippen LogP contribution is 2.31. The molecule has 0 aromatic heterocycles. The molecular formula is C15H18O3. The van der Waals surface area contributed by atoms with E-state index in [1.165, 1.54) is 0 Å². The Morgan fingerprint density at radius 2 is 2.11 bits per heavy atom. The summed E-state index contributed by atoms with van der Waals surface area (Å²) in [6.45, 7) is 3.64. The highest BCUT2D eigenvalue weighted by molar-refractivity contribution is 6.05. The van der Waals surface area contributed by atoms with Crippen LogP contribution in [-0.2, 0) is 16.0 Å². The van der Waals surface area contributed by atoms with Crippen molar-refractivity contribution < 1.29 is 14.3 Å². The van der Waals surface area contributed by atoms with E-state index in [0.717, 1.165) is 18.4 Å². The van der Waals surface area contributed by atoms with Crippen molar-refractivity contribution in [2.75, 3.05) is 0 Å². The zero-order valence-corrected chi connectivity index (χ0v) is 10.9. The minimum absolute atomic E-state index is 0.0752. The summed E-state index contributed by atoms with van der Waals surface area (Å²) < 4.78 is 5.40. The highest BCUT2D eigenvalue weighted by atomic mass is 16.6. The second-order valence-corrected chi connectivity index (χ2v) is 4.94.